The fourth-order valence-electron chi connectivity index (χ4n) is 4.94. The van der Waals surface area contributed by atoms with Gasteiger partial charge in [-0.25, -0.2) is 32.0 Å². The highest BCUT2D eigenvalue weighted by Gasteiger charge is 2.58. The van der Waals surface area contributed by atoms with E-state index in [0.717, 1.165) is 31.0 Å². The molecule has 2 saturated carbocycles. The van der Waals surface area contributed by atoms with Gasteiger partial charge < -0.3 is 20.3 Å². The van der Waals surface area contributed by atoms with Crippen molar-refractivity contribution in [3.8, 4) is 11.4 Å². The van der Waals surface area contributed by atoms with Crippen LogP contribution in [0.4, 0.5) is 25.1 Å². The molecule has 1 aromatic heterocycles. The number of anilines is 2. The summed E-state index contributed by atoms with van der Waals surface area (Å²) in [6, 6.07) is 11.3. The van der Waals surface area contributed by atoms with Gasteiger partial charge in [0.2, 0.25) is 0 Å². The first-order valence-corrected chi connectivity index (χ1v) is 14.8. The molecule has 210 valence electrons. The van der Waals surface area contributed by atoms with Gasteiger partial charge in [0, 0.05) is 29.9 Å². The van der Waals surface area contributed by atoms with E-state index >= 15 is 0 Å². The first-order valence-electron chi connectivity index (χ1n) is 13.3. The monoisotopic (exact) mass is 569 g/mol. The number of hydrogen-bond acceptors (Lipinski definition) is 7. The van der Waals surface area contributed by atoms with Crippen LogP contribution >= 0.6 is 0 Å². The van der Waals surface area contributed by atoms with Crippen LogP contribution in [0.1, 0.15) is 38.3 Å². The molecular formula is C28H29F2N5O4S. The minimum Gasteiger partial charge on any atom is -0.377 e. The number of aromatic nitrogens is 2. The van der Waals surface area contributed by atoms with Gasteiger partial charge in [0.15, 0.2) is 27.3 Å². The Balaban J connectivity index is 1.38. The maximum atomic E-state index is 14.0. The summed E-state index contributed by atoms with van der Waals surface area (Å²) >= 11 is 0. The van der Waals surface area contributed by atoms with Crippen molar-refractivity contribution >= 4 is 27.4 Å². The predicted octanol–water partition coefficient (Wildman–Crippen LogP) is 4.39. The summed E-state index contributed by atoms with van der Waals surface area (Å²) in [5, 5.41) is 5.67. The number of halogens is 2. The number of sulfone groups is 1. The lowest BCUT2D eigenvalue weighted by molar-refractivity contribution is 0.0985. The quantitative estimate of drug-likeness (QED) is 0.406. The van der Waals surface area contributed by atoms with Crippen molar-refractivity contribution in [3.05, 3.63) is 65.9 Å². The van der Waals surface area contributed by atoms with E-state index in [4.69, 9.17) is 14.7 Å². The van der Waals surface area contributed by atoms with Gasteiger partial charge in [-0.15, -0.1) is 0 Å². The Morgan fingerprint density at radius 3 is 2.45 bits per heavy atom. The van der Waals surface area contributed by atoms with E-state index in [9.17, 15) is 22.0 Å². The molecule has 2 amide bonds. The Morgan fingerprint density at radius 2 is 1.80 bits per heavy atom. The Labute approximate surface area is 230 Å². The fraction of sp³-hybridized carbons (Fsp3) is 0.393. The van der Waals surface area contributed by atoms with Crippen molar-refractivity contribution in [1.29, 1.82) is 0 Å². The summed E-state index contributed by atoms with van der Waals surface area (Å²) in [6.07, 6.45) is 2.55. The summed E-state index contributed by atoms with van der Waals surface area (Å²) in [7, 11) is -4.10. The van der Waals surface area contributed by atoms with E-state index in [1.807, 2.05) is 6.92 Å². The van der Waals surface area contributed by atoms with Gasteiger partial charge in [-0.1, -0.05) is 0 Å². The Bertz CT molecular complexity index is 1560. The molecule has 1 atom stereocenters. The van der Waals surface area contributed by atoms with Crippen molar-refractivity contribution in [1.82, 2.24) is 15.3 Å². The molecule has 2 aliphatic carbocycles. The maximum absolute atomic E-state index is 14.0. The van der Waals surface area contributed by atoms with E-state index in [1.165, 1.54) is 0 Å². The largest absolute Gasteiger partial charge is 0.377 e. The molecule has 3 aliphatic rings. The van der Waals surface area contributed by atoms with Gasteiger partial charge >= 0.3 is 6.03 Å². The zero-order valence-electron chi connectivity index (χ0n) is 21.9. The molecule has 2 N–H and O–H groups in total. The number of carbonyl (C=O) groups excluding carboxylic acids is 1. The van der Waals surface area contributed by atoms with Gasteiger partial charge in [0.05, 0.1) is 29.8 Å². The molecule has 12 heteroatoms. The summed E-state index contributed by atoms with van der Waals surface area (Å²) in [5.74, 6) is -1.44. The summed E-state index contributed by atoms with van der Waals surface area (Å²) < 4.78 is 59.4. The highest BCUT2D eigenvalue weighted by Crippen LogP contribution is 2.55. The third kappa shape index (κ3) is 5.01. The lowest BCUT2D eigenvalue weighted by Gasteiger charge is -2.34. The van der Waals surface area contributed by atoms with Crippen LogP contribution in [0.25, 0.3) is 11.4 Å². The SMILES string of the molecule is C[C@H]1COCCN1c1cc(C2(S(=O)(=O)c3ccc(F)c(F)c3)CC2)nc(-c2ccc(NC(=O)NC3CC3)cc2)n1. The van der Waals surface area contributed by atoms with E-state index in [1.54, 1.807) is 30.3 Å². The molecule has 9 nitrogen and oxygen atoms in total. The topological polar surface area (TPSA) is 114 Å². The van der Waals surface area contributed by atoms with Crippen LogP contribution in [0.3, 0.4) is 0 Å². The van der Waals surface area contributed by atoms with Crippen LogP contribution in [0.15, 0.2) is 53.4 Å². The molecule has 1 saturated heterocycles. The molecule has 3 aromatic rings. The minimum absolute atomic E-state index is 0.00106. The van der Waals surface area contributed by atoms with E-state index in [-0.39, 0.29) is 23.0 Å². The van der Waals surface area contributed by atoms with Crippen molar-refractivity contribution in [2.45, 2.75) is 54.3 Å². The van der Waals surface area contributed by atoms with Gasteiger partial charge in [0.25, 0.3) is 0 Å². The fourth-order valence-corrected chi connectivity index (χ4v) is 6.92. The van der Waals surface area contributed by atoms with E-state index in [0.29, 0.717) is 61.2 Å². The van der Waals surface area contributed by atoms with Crippen LogP contribution < -0.4 is 15.5 Å². The number of amides is 2. The smallest absolute Gasteiger partial charge is 0.319 e. The molecular weight excluding hydrogens is 540 g/mol. The Morgan fingerprint density at radius 1 is 1.05 bits per heavy atom. The van der Waals surface area contributed by atoms with E-state index in [2.05, 4.69) is 15.5 Å². The number of urea groups is 1. The average molecular weight is 570 g/mol. The Kier molecular flexibility index (Phi) is 6.70. The number of morpholine rings is 1. The predicted molar refractivity (Wildman–Crippen MR) is 145 cm³/mol. The molecule has 2 heterocycles. The lowest BCUT2D eigenvalue weighted by Crippen LogP contribution is -2.44. The first kappa shape index (κ1) is 26.6. The summed E-state index contributed by atoms with van der Waals surface area (Å²) in [4.78, 5) is 23.4. The van der Waals surface area contributed by atoms with Crippen molar-refractivity contribution in [2.75, 3.05) is 30.0 Å². The van der Waals surface area contributed by atoms with Crippen LogP contribution in [0.2, 0.25) is 0 Å². The molecule has 0 bridgehead atoms. The minimum atomic E-state index is -4.10. The molecule has 0 spiro atoms. The number of ether oxygens (including phenoxy) is 1. The molecule has 3 fully saturated rings. The second-order valence-electron chi connectivity index (χ2n) is 10.6. The Hall–Kier alpha value is -3.64. The van der Waals surface area contributed by atoms with Crippen molar-refractivity contribution in [3.63, 3.8) is 0 Å². The average Bonchev–Trinajstić information content (AvgIpc) is 3.86. The third-order valence-electron chi connectivity index (χ3n) is 7.57. The zero-order chi connectivity index (χ0) is 28.1. The highest BCUT2D eigenvalue weighted by molar-refractivity contribution is 7.92. The molecule has 0 unspecified atom stereocenters. The normalized spacial score (nSPS) is 20.2. The lowest BCUT2D eigenvalue weighted by atomic mass is 10.1. The second kappa shape index (κ2) is 10.1. The number of carbonyl (C=O) groups is 1. The highest BCUT2D eigenvalue weighted by atomic mass is 32.2. The standard InChI is InChI=1S/C28H29F2N5O4S/c1-17-16-39-13-12-35(17)25-15-24(28(10-11-28)40(37,38)21-8-9-22(29)23(30)14-21)33-26(34-25)18-2-4-19(5-3-18)31-27(36)32-20-6-7-20/h2-5,8-9,14-15,17,20H,6-7,10-13,16H2,1H3,(H2,31,32,36)/t17-/m0/s1. The maximum Gasteiger partial charge on any atom is 0.319 e. The number of nitrogens with one attached hydrogen (secondary N) is 2. The first-order chi connectivity index (χ1) is 19.2. The zero-order valence-corrected chi connectivity index (χ0v) is 22.7. The third-order valence-corrected chi connectivity index (χ3v) is 10.1. The van der Waals surface area contributed by atoms with Crippen LogP contribution in [0.5, 0.6) is 0 Å². The second-order valence-corrected chi connectivity index (χ2v) is 12.8. The summed E-state index contributed by atoms with van der Waals surface area (Å²) in [5.41, 5.74) is 1.54. The molecule has 0 radical (unpaired) electrons. The van der Waals surface area contributed by atoms with Crippen LogP contribution in [0, 0.1) is 11.6 Å². The van der Waals surface area contributed by atoms with Gasteiger partial charge in [0.1, 0.15) is 10.6 Å². The van der Waals surface area contributed by atoms with Gasteiger partial charge in [-0.05, 0) is 75.1 Å². The number of benzene rings is 2. The number of rotatable bonds is 7. The molecule has 2 aromatic carbocycles. The number of nitrogens with zero attached hydrogens (tertiary/aromatic N) is 3. The van der Waals surface area contributed by atoms with Crippen LogP contribution in [-0.2, 0) is 19.3 Å². The van der Waals surface area contributed by atoms with E-state index < -0.39 is 26.2 Å². The van der Waals surface area contributed by atoms with Gasteiger partial charge in [-0.2, -0.15) is 0 Å². The van der Waals surface area contributed by atoms with Crippen molar-refractivity contribution in [2.24, 2.45) is 0 Å². The van der Waals surface area contributed by atoms with Gasteiger partial charge in [-0.3, -0.25) is 0 Å². The molecule has 6 rings (SSSR count). The van der Waals surface area contributed by atoms with Crippen LogP contribution in [-0.4, -0.2) is 56.3 Å². The molecule has 40 heavy (non-hydrogen) atoms. The summed E-state index contributed by atoms with van der Waals surface area (Å²) in [6.45, 7) is 3.56. The molecule has 1 aliphatic heterocycles. The number of hydrogen-bond donors (Lipinski definition) is 2. The van der Waals surface area contributed by atoms with Crippen molar-refractivity contribution < 1.29 is 26.7 Å².